The number of nitrogens with zero attached hydrogens (tertiary/aromatic N) is 5. The number of rotatable bonds is 5. The molecule has 2 aromatic carbocycles. The van der Waals surface area contributed by atoms with Crippen molar-refractivity contribution in [2.75, 3.05) is 7.11 Å². The third-order valence-electron chi connectivity index (χ3n) is 4.34. The average Bonchev–Trinajstić information content (AvgIpc) is 3.06. The van der Waals surface area contributed by atoms with Gasteiger partial charge in [-0.15, -0.1) is 0 Å². The Labute approximate surface area is 179 Å². The smallest absolute Gasteiger partial charge is 0.337 e. The molecule has 3 aromatic rings. The molecule has 14 nitrogen and oxygen atoms in total. The van der Waals surface area contributed by atoms with E-state index >= 15 is 0 Å². The Balaban J connectivity index is 0.000000227. The van der Waals surface area contributed by atoms with Crippen LogP contribution in [-0.4, -0.2) is 42.5 Å². The molecule has 0 aliphatic carbocycles. The molecule has 1 aromatic heterocycles. The van der Waals surface area contributed by atoms with E-state index in [4.69, 9.17) is 5.11 Å². The summed E-state index contributed by atoms with van der Waals surface area (Å²) in [5.41, 5.74) is -0.580. The molecule has 0 atom stereocenters. The van der Waals surface area contributed by atoms with Crippen LogP contribution in [0.3, 0.4) is 0 Å². The number of hydrogen-bond donors (Lipinski definition) is 1. The fourth-order valence-electron chi connectivity index (χ4n) is 2.87. The van der Waals surface area contributed by atoms with Gasteiger partial charge in [0, 0.05) is 6.54 Å². The van der Waals surface area contributed by atoms with E-state index < -0.39 is 37.6 Å². The van der Waals surface area contributed by atoms with Gasteiger partial charge >= 0.3 is 17.3 Å². The van der Waals surface area contributed by atoms with Crippen LogP contribution in [-0.2, 0) is 11.3 Å². The summed E-state index contributed by atoms with van der Waals surface area (Å²) in [7, 11) is 1.38. The first-order valence-corrected chi connectivity index (χ1v) is 8.87. The highest BCUT2D eigenvalue weighted by molar-refractivity contribution is 5.93. The molecule has 1 N–H and O–H groups in total. The number of phenols is 1. The Morgan fingerprint density at radius 2 is 1.62 bits per heavy atom. The molecule has 0 aliphatic rings. The lowest BCUT2D eigenvalue weighted by molar-refractivity contribution is -0.404. The van der Waals surface area contributed by atoms with Gasteiger partial charge in [0.1, 0.15) is 5.82 Å². The highest BCUT2D eigenvalue weighted by Gasteiger charge is 2.30. The van der Waals surface area contributed by atoms with E-state index in [1.807, 2.05) is 13.0 Å². The van der Waals surface area contributed by atoms with Crippen LogP contribution in [0.1, 0.15) is 23.1 Å². The number of non-ortho nitro benzene ring substituents is 1. The first-order chi connectivity index (χ1) is 15.0. The van der Waals surface area contributed by atoms with Crippen LogP contribution in [0.5, 0.6) is 5.75 Å². The summed E-state index contributed by atoms with van der Waals surface area (Å²) in [6.07, 6.45) is 0. The molecule has 0 radical (unpaired) electrons. The van der Waals surface area contributed by atoms with Gasteiger partial charge in [-0.05, 0) is 32.0 Å². The van der Waals surface area contributed by atoms with E-state index in [1.165, 1.54) is 7.11 Å². The van der Waals surface area contributed by atoms with Crippen molar-refractivity contribution < 1.29 is 29.4 Å². The van der Waals surface area contributed by atoms with Gasteiger partial charge in [-0.3, -0.25) is 30.3 Å². The number of hydrogen-bond acceptors (Lipinski definition) is 10. The van der Waals surface area contributed by atoms with Crippen molar-refractivity contribution in [1.29, 1.82) is 0 Å². The molecule has 168 valence electrons. The van der Waals surface area contributed by atoms with Crippen LogP contribution in [0.25, 0.3) is 11.0 Å². The minimum atomic E-state index is -1.21. The van der Waals surface area contributed by atoms with E-state index in [0.29, 0.717) is 17.7 Å². The van der Waals surface area contributed by atoms with Crippen LogP contribution in [0.15, 0.2) is 30.3 Å². The number of carbonyl (C=O) groups excluding carboxylic acids is 1. The number of imidazole rings is 1. The van der Waals surface area contributed by atoms with Gasteiger partial charge in [-0.1, -0.05) is 0 Å². The Bertz CT molecular complexity index is 1200. The minimum Gasteiger partial charge on any atom is -0.497 e. The standard InChI is InChI=1S/C12H14N2O2.C6H3N3O7/c1-4-14-8(2)13-10-7-9(12(15)16-3)5-6-11(10)14;10-6-4(8(13)14)1-3(7(11)12)2-5(6)9(15)16/h5-7H,4H2,1-3H3;1-2,10H. The molecule has 0 fully saturated rings. The number of fused-ring (bicyclic) bond motifs is 1. The number of aromatic nitrogens is 2. The lowest BCUT2D eigenvalue weighted by Crippen LogP contribution is -2.01. The maximum atomic E-state index is 11.4. The Kier molecular flexibility index (Phi) is 6.99. The highest BCUT2D eigenvalue weighted by atomic mass is 16.6. The molecule has 0 aliphatic heterocycles. The van der Waals surface area contributed by atoms with E-state index in [1.54, 1.807) is 12.1 Å². The molecular formula is C18H17N5O9. The second kappa shape index (κ2) is 9.46. The average molecular weight is 447 g/mol. The largest absolute Gasteiger partial charge is 0.497 e. The molecule has 14 heteroatoms. The van der Waals surface area contributed by atoms with Crippen molar-refractivity contribution in [3.8, 4) is 5.75 Å². The van der Waals surface area contributed by atoms with Crippen molar-refractivity contribution >= 4 is 34.1 Å². The molecule has 0 saturated carbocycles. The monoisotopic (exact) mass is 447 g/mol. The van der Waals surface area contributed by atoms with Crippen LogP contribution < -0.4 is 0 Å². The van der Waals surface area contributed by atoms with Gasteiger partial charge in [0.05, 0.1) is 50.6 Å². The highest BCUT2D eigenvalue weighted by Crippen LogP contribution is 2.38. The zero-order valence-electron chi connectivity index (χ0n) is 17.0. The van der Waals surface area contributed by atoms with Crippen molar-refractivity contribution in [3.05, 3.63) is 72.1 Å². The number of methoxy groups -OCH3 is 1. The van der Waals surface area contributed by atoms with E-state index in [2.05, 4.69) is 21.2 Å². The summed E-state index contributed by atoms with van der Waals surface area (Å²) in [5, 5.41) is 40.2. The molecule has 0 amide bonds. The van der Waals surface area contributed by atoms with Crippen molar-refractivity contribution in [3.63, 3.8) is 0 Å². The number of nitro benzene ring substituents is 3. The maximum absolute atomic E-state index is 11.4. The minimum absolute atomic E-state index is 0.328. The van der Waals surface area contributed by atoms with E-state index in [9.17, 15) is 35.1 Å². The number of carbonyl (C=O) groups is 1. The Morgan fingerprint density at radius 3 is 2.06 bits per heavy atom. The third kappa shape index (κ3) is 4.75. The van der Waals surface area contributed by atoms with Crippen molar-refractivity contribution in [2.45, 2.75) is 20.4 Å². The van der Waals surface area contributed by atoms with Gasteiger partial charge in [0.2, 0.25) is 0 Å². The molecule has 0 unspecified atom stereocenters. The summed E-state index contributed by atoms with van der Waals surface area (Å²) in [6, 6.07) is 6.33. The Hall–Kier alpha value is -4.62. The Morgan fingerprint density at radius 1 is 1.06 bits per heavy atom. The van der Waals surface area contributed by atoms with E-state index in [0.717, 1.165) is 23.4 Å². The molecule has 0 spiro atoms. The van der Waals surface area contributed by atoms with Gasteiger partial charge < -0.3 is 14.4 Å². The second-order valence-electron chi connectivity index (χ2n) is 6.20. The summed E-state index contributed by atoms with van der Waals surface area (Å²) in [5.74, 6) is -0.578. The quantitative estimate of drug-likeness (QED) is 0.344. The molecule has 32 heavy (non-hydrogen) atoms. The first-order valence-electron chi connectivity index (χ1n) is 8.87. The predicted octanol–water partition coefficient (Wildman–Crippen LogP) is 3.27. The van der Waals surface area contributed by atoms with Crippen molar-refractivity contribution in [2.24, 2.45) is 0 Å². The second-order valence-corrected chi connectivity index (χ2v) is 6.20. The lowest BCUT2D eigenvalue weighted by Gasteiger charge is -2.02. The van der Waals surface area contributed by atoms with Gasteiger partial charge in [-0.2, -0.15) is 0 Å². The summed E-state index contributed by atoms with van der Waals surface area (Å²) in [6.45, 7) is 4.91. The van der Waals surface area contributed by atoms with E-state index in [-0.39, 0.29) is 5.97 Å². The number of phenolic OH excluding ortho intramolecular Hbond substituents is 1. The van der Waals surface area contributed by atoms with Crippen LogP contribution in [0.2, 0.25) is 0 Å². The molecular weight excluding hydrogens is 430 g/mol. The third-order valence-corrected chi connectivity index (χ3v) is 4.34. The molecule has 3 rings (SSSR count). The number of ether oxygens (including phenoxy) is 1. The number of benzene rings is 2. The number of nitro groups is 3. The SMILES string of the molecule is CCn1c(C)nc2cc(C(=O)OC)ccc21.O=[N+]([O-])c1cc([N+](=O)[O-])c(O)c([N+](=O)[O-])c1. The zero-order valence-corrected chi connectivity index (χ0v) is 17.0. The lowest BCUT2D eigenvalue weighted by atomic mass is 10.2. The first kappa shape index (κ1) is 23.7. The summed E-state index contributed by atoms with van der Waals surface area (Å²) in [4.78, 5) is 43.5. The normalized spacial score (nSPS) is 10.2. The summed E-state index contributed by atoms with van der Waals surface area (Å²) >= 11 is 0. The molecule has 0 saturated heterocycles. The summed E-state index contributed by atoms with van der Waals surface area (Å²) < 4.78 is 6.78. The fourth-order valence-corrected chi connectivity index (χ4v) is 2.87. The predicted molar refractivity (Wildman–Crippen MR) is 110 cm³/mol. The van der Waals surface area contributed by atoms with Crippen molar-refractivity contribution in [1.82, 2.24) is 9.55 Å². The maximum Gasteiger partial charge on any atom is 0.337 e. The van der Waals surface area contributed by atoms with Crippen LogP contribution >= 0.6 is 0 Å². The van der Waals surface area contributed by atoms with Gasteiger partial charge in [0.25, 0.3) is 11.4 Å². The molecule has 1 heterocycles. The number of aryl methyl sites for hydroxylation is 2. The number of esters is 1. The fraction of sp³-hybridized carbons (Fsp3) is 0.222. The van der Waals surface area contributed by atoms with Gasteiger partial charge in [-0.25, -0.2) is 9.78 Å². The van der Waals surface area contributed by atoms with Crippen LogP contribution in [0, 0.1) is 37.3 Å². The topological polar surface area (TPSA) is 194 Å². The number of aromatic hydroxyl groups is 1. The van der Waals surface area contributed by atoms with Gasteiger partial charge in [0.15, 0.2) is 0 Å². The molecule has 0 bridgehead atoms. The van der Waals surface area contributed by atoms with Crippen LogP contribution in [0.4, 0.5) is 17.1 Å². The zero-order chi connectivity index (χ0) is 24.2.